The molecule has 0 radical (unpaired) electrons. The molecule has 0 aromatic rings. The molecule has 0 saturated carbocycles. The highest BCUT2D eigenvalue weighted by Gasteiger charge is 2.42. The van der Waals surface area contributed by atoms with Gasteiger partial charge in [-0.3, -0.25) is 4.90 Å². The zero-order valence-electron chi connectivity index (χ0n) is 13.5. The molecule has 2 atom stereocenters. The van der Waals surface area contributed by atoms with E-state index in [1.54, 1.807) is 26.8 Å². The summed E-state index contributed by atoms with van der Waals surface area (Å²) in [5.41, 5.74) is -0.632. The highest BCUT2D eigenvalue weighted by atomic mass is 16.6. The number of nitrogens with zero attached hydrogens (tertiary/aromatic N) is 1. The van der Waals surface area contributed by atoms with Crippen LogP contribution in [0, 0.1) is 0 Å². The van der Waals surface area contributed by atoms with Gasteiger partial charge in [-0.1, -0.05) is 18.7 Å². The molecule has 0 aromatic carbocycles. The largest absolute Gasteiger partial charge is 0.460 e. The van der Waals surface area contributed by atoms with E-state index in [1.165, 1.54) is 11.0 Å². The van der Waals surface area contributed by atoms with Crippen LogP contribution in [0.5, 0.6) is 0 Å². The summed E-state index contributed by atoms with van der Waals surface area (Å²) in [4.78, 5) is 25.7. The van der Waals surface area contributed by atoms with E-state index in [2.05, 4.69) is 13.2 Å². The second-order valence-electron chi connectivity index (χ2n) is 6.05. The Balaban J connectivity index is 2.78. The zero-order chi connectivity index (χ0) is 16.8. The topological polar surface area (TPSA) is 65.1 Å². The lowest BCUT2D eigenvalue weighted by Crippen LogP contribution is -2.44. The summed E-state index contributed by atoms with van der Waals surface area (Å²) in [6.45, 7) is 13.2. The predicted octanol–water partition coefficient (Wildman–Crippen LogP) is 2.30. The van der Waals surface area contributed by atoms with Crippen molar-refractivity contribution in [3.8, 4) is 0 Å². The first-order valence-corrected chi connectivity index (χ1v) is 7.28. The van der Waals surface area contributed by atoms with Crippen molar-refractivity contribution in [3.05, 3.63) is 25.3 Å². The lowest BCUT2D eigenvalue weighted by atomic mass is 10.2. The number of hydrogen-bond acceptors (Lipinski definition) is 5. The van der Waals surface area contributed by atoms with Crippen LogP contribution < -0.4 is 0 Å². The zero-order valence-corrected chi connectivity index (χ0v) is 13.5. The molecule has 124 valence electrons. The van der Waals surface area contributed by atoms with Gasteiger partial charge in [-0.05, 0) is 20.8 Å². The number of hydrogen-bond donors (Lipinski definition) is 0. The average molecular weight is 311 g/mol. The van der Waals surface area contributed by atoms with E-state index in [9.17, 15) is 9.59 Å². The molecule has 0 spiro atoms. The first-order valence-electron chi connectivity index (χ1n) is 7.28. The molecule has 22 heavy (non-hydrogen) atoms. The maximum absolute atomic E-state index is 12.3. The van der Waals surface area contributed by atoms with Gasteiger partial charge in [-0.25, -0.2) is 9.59 Å². The van der Waals surface area contributed by atoms with E-state index in [0.717, 1.165) is 0 Å². The van der Waals surface area contributed by atoms with Crippen LogP contribution in [-0.4, -0.2) is 54.5 Å². The van der Waals surface area contributed by atoms with Crippen molar-refractivity contribution in [2.24, 2.45) is 0 Å². The van der Waals surface area contributed by atoms with E-state index in [4.69, 9.17) is 14.2 Å². The highest BCUT2D eigenvalue weighted by molar-refractivity contribution is 5.82. The van der Waals surface area contributed by atoms with Gasteiger partial charge in [0.15, 0.2) is 0 Å². The third kappa shape index (κ3) is 5.52. The van der Waals surface area contributed by atoms with Gasteiger partial charge in [-0.2, -0.15) is 0 Å². The van der Waals surface area contributed by atoms with E-state index in [-0.39, 0.29) is 19.3 Å². The van der Waals surface area contributed by atoms with Gasteiger partial charge in [-0.15, -0.1) is 6.58 Å². The highest BCUT2D eigenvalue weighted by Crippen LogP contribution is 2.24. The van der Waals surface area contributed by atoms with Gasteiger partial charge in [0, 0.05) is 6.42 Å². The van der Waals surface area contributed by atoms with Crippen molar-refractivity contribution >= 4 is 12.1 Å². The summed E-state index contributed by atoms with van der Waals surface area (Å²) in [7, 11) is 0. The van der Waals surface area contributed by atoms with E-state index in [1.807, 2.05) is 0 Å². The molecule has 0 bridgehead atoms. The van der Waals surface area contributed by atoms with Crippen LogP contribution in [0.15, 0.2) is 25.3 Å². The van der Waals surface area contributed by atoms with Crippen LogP contribution in [0.1, 0.15) is 27.2 Å². The second kappa shape index (κ2) is 7.98. The van der Waals surface area contributed by atoms with Crippen LogP contribution in [0.3, 0.4) is 0 Å². The SMILES string of the molecule is C=CCOC(=O)[C@H]1C[C@@H](OCC=C)CN1C(=O)OC(C)(C)C. The molecule has 1 aliphatic heterocycles. The first-order chi connectivity index (χ1) is 10.3. The van der Waals surface area contributed by atoms with Crippen LogP contribution in [0.2, 0.25) is 0 Å². The smallest absolute Gasteiger partial charge is 0.411 e. The second-order valence-corrected chi connectivity index (χ2v) is 6.05. The van der Waals surface area contributed by atoms with Crippen molar-refractivity contribution < 1.29 is 23.8 Å². The molecule has 0 N–H and O–H groups in total. The van der Waals surface area contributed by atoms with Gasteiger partial charge in [0.1, 0.15) is 18.2 Å². The lowest BCUT2D eigenvalue weighted by molar-refractivity contribution is -0.147. The molecule has 1 fully saturated rings. The van der Waals surface area contributed by atoms with Gasteiger partial charge in [0.05, 0.1) is 19.3 Å². The molecule has 1 amide bonds. The van der Waals surface area contributed by atoms with Crippen LogP contribution in [0.25, 0.3) is 0 Å². The average Bonchev–Trinajstić information content (AvgIpc) is 2.85. The number of carbonyl (C=O) groups excluding carboxylic acids is 2. The maximum Gasteiger partial charge on any atom is 0.411 e. The third-order valence-corrected chi connectivity index (χ3v) is 2.96. The van der Waals surface area contributed by atoms with Crippen molar-refractivity contribution in [2.45, 2.75) is 44.9 Å². The Morgan fingerprint density at radius 2 is 1.86 bits per heavy atom. The molecule has 0 unspecified atom stereocenters. The first kappa shape index (κ1) is 18.2. The van der Waals surface area contributed by atoms with Crippen molar-refractivity contribution in [3.63, 3.8) is 0 Å². The molecular weight excluding hydrogens is 286 g/mol. The third-order valence-electron chi connectivity index (χ3n) is 2.96. The molecule has 6 heteroatoms. The fourth-order valence-electron chi connectivity index (χ4n) is 2.11. The quantitative estimate of drug-likeness (QED) is 0.556. The molecule has 1 aliphatic rings. The monoisotopic (exact) mass is 311 g/mol. The predicted molar refractivity (Wildman–Crippen MR) is 82.4 cm³/mol. The Bertz CT molecular complexity index is 427. The Morgan fingerprint density at radius 1 is 1.23 bits per heavy atom. The molecule has 0 aromatic heterocycles. The van der Waals surface area contributed by atoms with E-state index >= 15 is 0 Å². The molecule has 1 rings (SSSR count). The summed E-state index contributed by atoms with van der Waals surface area (Å²) in [6.07, 6.45) is 2.70. The lowest BCUT2D eigenvalue weighted by Gasteiger charge is -2.27. The fourth-order valence-corrected chi connectivity index (χ4v) is 2.11. The minimum atomic E-state index is -0.704. The number of carbonyl (C=O) groups is 2. The Hall–Kier alpha value is -1.82. The number of esters is 1. The van der Waals surface area contributed by atoms with Gasteiger partial charge >= 0.3 is 12.1 Å². The molecule has 1 heterocycles. The summed E-state index contributed by atoms with van der Waals surface area (Å²) < 4.78 is 16.0. The van der Waals surface area contributed by atoms with Gasteiger partial charge in [0.2, 0.25) is 0 Å². The standard InChI is InChI=1S/C16H25NO5/c1-6-8-20-12-10-13(14(18)21-9-7-2)17(11-12)15(19)22-16(3,4)5/h6-7,12-13H,1-2,8-11H2,3-5H3/t12-,13-/m1/s1. The number of likely N-dealkylation sites (tertiary alicyclic amines) is 1. The summed E-state index contributed by atoms with van der Waals surface area (Å²) in [6, 6.07) is -0.704. The number of amides is 1. The maximum atomic E-state index is 12.3. The summed E-state index contributed by atoms with van der Waals surface area (Å²) >= 11 is 0. The molecular formula is C16H25NO5. The van der Waals surface area contributed by atoms with Crippen LogP contribution >= 0.6 is 0 Å². The summed E-state index contributed by atoms with van der Waals surface area (Å²) in [5.74, 6) is -0.476. The van der Waals surface area contributed by atoms with E-state index in [0.29, 0.717) is 13.0 Å². The van der Waals surface area contributed by atoms with Gasteiger partial charge < -0.3 is 14.2 Å². The van der Waals surface area contributed by atoms with Gasteiger partial charge in [0.25, 0.3) is 0 Å². The summed E-state index contributed by atoms with van der Waals surface area (Å²) in [5, 5.41) is 0. The number of rotatable bonds is 6. The minimum Gasteiger partial charge on any atom is -0.460 e. The Labute approximate surface area is 131 Å². The molecule has 0 aliphatic carbocycles. The van der Waals surface area contributed by atoms with Crippen molar-refractivity contribution in [2.75, 3.05) is 19.8 Å². The van der Waals surface area contributed by atoms with Crippen molar-refractivity contribution in [1.29, 1.82) is 0 Å². The number of ether oxygens (including phenoxy) is 3. The minimum absolute atomic E-state index is 0.107. The molecule has 1 saturated heterocycles. The van der Waals surface area contributed by atoms with Crippen LogP contribution in [-0.2, 0) is 19.0 Å². The van der Waals surface area contributed by atoms with E-state index < -0.39 is 23.7 Å². The Morgan fingerprint density at radius 3 is 2.41 bits per heavy atom. The van der Waals surface area contributed by atoms with Crippen LogP contribution in [0.4, 0.5) is 4.79 Å². The molecule has 6 nitrogen and oxygen atoms in total. The van der Waals surface area contributed by atoms with Crippen molar-refractivity contribution in [1.82, 2.24) is 4.90 Å². The fraction of sp³-hybridized carbons (Fsp3) is 0.625. The normalized spacial score (nSPS) is 21.3. The Kier molecular flexibility index (Phi) is 6.61.